The number of hydrogen-bond donors (Lipinski definition) is 0. The van der Waals surface area contributed by atoms with Crippen molar-refractivity contribution in [3.63, 3.8) is 0 Å². The van der Waals surface area contributed by atoms with Gasteiger partial charge < -0.3 is 4.90 Å². The van der Waals surface area contributed by atoms with Crippen molar-refractivity contribution < 1.29 is 13.6 Å². The van der Waals surface area contributed by atoms with Gasteiger partial charge in [-0.05, 0) is 19.3 Å². The fourth-order valence-corrected chi connectivity index (χ4v) is 1.68. The Kier molecular flexibility index (Phi) is 3.00. The zero-order valence-corrected chi connectivity index (χ0v) is 7.09. The fourth-order valence-electron chi connectivity index (χ4n) is 1.68. The van der Waals surface area contributed by atoms with Crippen LogP contribution in [0.3, 0.4) is 0 Å². The third kappa shape index (κ3) is 1.73. The third-order valence-corrected chi connectivity index (χ3v) is 2.32. The van der Waals surface area contributed by atoms with E-state index in [0.717, 1.165) is 19.3 Å². The lowest BCUT2D eigenvalue weighted by Gasteiger charge is -2.22. The number of amides is 1. The summed E-state index contributed by atoms with van der Waals surface area (Å²) in [7, 11) is 0. The highest BCUT2D eigenvalue weighted by atomic mass is 19.3. The standard InChI is InChI=1S/C8H13F2NO/c1-2-6-4-3-5-11(6)8(12)7(9)10/h6-7H,2-5H2,1H3. The maximum Gasteiger partial charge on any atom is 0.315 e. The van der Waals surface area contributed by atoms with Crippen LogP contribution in [0, 0.1) is 0 Å². The van der Waals surface area contributed by atoms with Crippen LogP contribution in [0.2, 0.25) is 0 Å². The number of hydrogen-bond acceptors (Lipinski definition) is 1. The summed E-state index contributed by atoms with van der Waals surface area (Å²) in [6.45, 7) is 2.42. The molecule has 1 unspecified atom stereocenters. The van der Waals surface area contributed by atoms with E-state index in [9.17, 15) is 13.6 Å². The number of likely N-dealkylation sites (tertiary alicyclic amines) is 1. The summed E-state index contributed by atoms with van der Waals surface area (Å²) in [5.41, 5.74) is 0. The lowest BCUT2D eigenvalue weighted by atomic mass is 10.2. The van der Waals surface area contributed by atoms with E-state index in [-0.39, 0.29) is 6.04 Å². The van der Waals surface area contributed by atoms with Gasteiger partial charge in [-0.1, -0.05) is 6.92 Å². The second kappa shape index (κ2) is 3.83. The van der Waals surface area contributed by atoms with E-state index in [2.05, 4.69) is 0 Å². The first-order chi connectivity index (χ1) is 5.66. The summed E-state index contributed by atoms with van der Waals surface area (Å²) in [5, 5.41) is 0. The first-order valence-electron chi connectivity index (χ1n) is 4.25. The highest BCUT2D eigenvalue weighted by Crippen LogP contribution is 2.21. The van der Waals surface area contributed by atoms with Gasteiger partial charge in [0.2, 0.25) is 0 Å². The molecule has 4 heteroatoms. The Morgan fingerprint density at radius 3 is 2.83 bits per heavy atom. The summed E-state index contributed by atoms with van der Waals surface area (Å²) < 4.78 is 24.0. The number of carbonyl (C=O) groups is 1. The topological polar surface area (TPSA) is 20.3 Å². The van der Waals surface area contributed by atoms with Crippen molar-refractivity contribution in [3.8, 4) is 0 Å². The molecule has 1 rings (SSSR count). The third-order valence-electron chi connectivity index (χ3n) is 2.32. The van der Waals surface area contributed by atoms with Crippen molar-refractivity contribution in [2.75, 3.05) is 6.54 Å². The molecule has 0 aliphatic carbocycles. The molecule has 1 saturated heterocycles. The molecule has 0 aromatic heterocycles. The zero-order chi connectivity index (χ0) is 9.14. The zero-order valence-electron chi connectivity index (χ0n) is 7.09. The largest absolute Gasteiger partial charge is 0.335 e. The number of carbonyl (C=O) groups excluding carboxylic acids is 1. The average Bonchev–Trinajstić information content (AvgIpc) is 2.49. The van der Waals surface area contributed by atoms with Crippen molar-refractivity contribution in [2.45, 2.75) is 38.7 Å². The van der Waals surface area contributed by atoms with Crippen LogP contribution in [0.15, 0.2) is 0 Å². The first kappa shape index (κ1) is 9.42. The number of nitrogens with zero attached hydrogens (tertiary/aromatic N) is 1. The van der Waals surface area contributed by atoms with Gasteiger partial charge in [0.25, 0.3) is 5.91 Å². The van der Waals surface area contributed by atoms with Crippen LogP contribution in [-0.4, -0.2) is 29.8 Å². The molecule has 1 atom stereocenters. The fraction of sp³-hybridized carbons (Fsp3) is 0.875. The predicted molar refractivity (Wildman–Crippen MR) is 41.0 cm³/mol. The van der Waals surface area contributed by atoms with Gasteiger partial charge >= 0.3 is 6.43 Å². The summed E-state index contributed by atoms with van der Waals surface area (Å²) in [6, 6.07) is 0.0477. The molecule has 0 bridgehead atoms. The molecule has 1 aliphatic heterocycles. The van der Waals surface area contributed by atoms with Crippen molar-refractivity contribution in [1.29, 1.82) is 0 Å². The van der Waals surface area contributed by atoms with Crippen LogP contribution in [-0.2, 0) is 4.79 Å². The van der Waals surface area contributed by atoms with Gasteiger partial charge in [-0.3, -0.25) is 4.79 Å². The van der Waals surface area contributed by atoms with E-state index < -0.39 is 12.3 Å². The van der Waals surface area contributed by atoms with Gasteiger partial charge in [0, 0.05) is 12.6 Å². The molecule has 2 nitrogen and oxygen atoms in total. The van der Waals surface area contributed by atoms with Gasteiger partial charge in [0.15, 0.2) is 0 Å². The molecule has 1 amide bonds. The van der Waals surface area contributed by atoms with E-state index in [1.54, 1.807) is 0 Å². The van der Waals surface area contributed by atoms with Crippen LogP contribution < -0.4 is 0 Å². The normalized spacial score (nSPS) is 23.7. The minimum Gasteiger partial charge on any atom is -0.335 e. The van der Waals surface area contributed by atoms with E-state index in [1.165, 1.54) is 4.90 Å². The van der Waals surface area contributed by atoms with Gasteiger partial charge in [0.1, 0.15) is 0 Å². The molecule has 0 spiro atoms. The molecule has 1 fully saturated rings. The molecule has 0 aromatic carbocycles. The molecule has 0 N–H and O–H groups in total. The van der Waals surface area contributed by atoms with Gasteiger partial charge in [-0.25, -0.2) is 0 Å². The van der Waals surface area contributed by atoms with E-state index >= 15 is 0 Å². The van der Waals surface area contributed by atoms with E-state index in [0.29, 0.717) is 6.54 Å². The van der Waals surface area contributed by atoms with Crippen LogP contribution in [0.4, 0.5) is 8.78 Å². The highest BCUT2D eigenvalue weighted by Gasteiger charge is 2.31. The first-order valence-corrected chi connectivity index (χ1v) is 4.25. The lowest BCUT2D eigenvalue weighted by Crippen LogP contribution is -2.38. The van der Waals surface area contributed by atoms with Crippen molar-refractivity contribution in [2.24, 2.45) is 0 Å². The predicted octanol–water partition coefficient (Wildman–Crippen LogP) is 1.65. The molecule has 1 heterocycles. The summed E-state index contributed by atoms with van der Waals surface area (Å²) >= 11 is 0. The molecule has 12 heavy (non-hydrogen) atoms. The van der Waals surface area contributed by atoms with Gasteiger partial charge in [-0.2, -0.15) is 8.78 Å². The quantitative estimate of drug-likeness (QED) is 0.628. The molecular formula is C8H13F2NO. The van der Waals surface area contributed by atoms with Crippen molar-refractivity contribution in [3.05, 3.63) is 0 Å². The van der Waals surface area contributed by atoms with E-state index in [1.807, 2.05) is 6.92 Å². The second-order valence-corrected chi connectivity index (χ2v) is 3.04. The summed E-state index contributed by atoms with van der Waals surface area (Å²) in [4.78, 5) is 12.2. The molecule has 0 radical (unpaired) electrons. The summed E-state index contributed by atoms with van der Waals surface area (Å²) in [5.74, 6) is -1.00. The Balaban J connectivity index is 2.55. The second-order valence-electron chi connectivity index (χ2n) is 3.04. The minimum atomic E-state index is -2.84. The Labute approximate surface area is 70.5 Å². The Morgan fingerprint density at radius 1 is 1.67 bits per heavy atom. The highest BCUT2D eigenvalue weighted by molar-refractivity contribution is 5.79. The van der Waals surface area contributed by atoms with Crippen molar-refractivity contribution >= 4 is 5.91 Å². The lowest BCUT2D eigenvalue weighted by molar-refractivity contribution is -0.143. The SMILES string of the molecule is CCC1CCCN1C(=O)C(F)F. The molecule has 0 aromatic rings. The van der Waals surface area contributed by atoms with Crippen LogP contribution in [0.5, 0.6) is 0 Å². The minimum absolute atomic E-state index is 0.0477. The molecule has 70 valence electrons. The Bertz CT molecular complexity index is 172. The maximum atomic E-state index is 12.0. The molecular weight excluding hydrogens is 164 g/mol. The Hall–Kier alpha value is -0.670. The monoisotopic (exact) mass is 177 g/mol. The van der Waals surface area contributed by atoms with Crippen LogP contribution >= 0.6 is 0 Å². The van der Waals surface area contributed by atoms with Crippen molar-refractivity contribution in [1.82, 2.24) is 4.90 Å². The molecule has 0 saturated carbocycles. The van der Waals surface area contributed by atoms with Gasteiger partial charge in [-0.15, -0.1) is 0 Å². The smallest absolute Gasteiger partial charge is 0.315 e. The average molecular weight is 177 g/mol. The Morgan fingerprint density at radius 2 is 2.33 bits per heavy atom. The maximum absolute atomic E-state index is 12.0. The number of alkyl halides is 2. The van der Waals surface area contributed by atoms with Crippen LogP contribution in [0.25, 0.3) is 0 Å². The van der Waals surface area contributed by atoms with Crippen LogP contribution in [0.1, 0.15) is 26.2 Å². The number of rotatable bonds is 2. The number of halogens is 2. The van der Waals surface area contributed by atoms with E-state index in [4.69, 9.17) is 0 Å². The summed E-state index contributed by atoms with van der Waals surface area (Å²) in [6.07, 6.45) is -0.332. The molecule has 1 aliphatic rings. The van der Waals surface area contributed by atoms with Gasteiger partial charge in [0.05, 0.1) is 0 Å².